The minimum absolute atomic E-state index is 0.0754. The van der Waals surface area contributed by atoms with Crippen molar-refractivity contribution in [2.24, 2.45) is 0 Å². The fourth-order valence-corrected chi connectivity index (χ4v) is 4.10. The molecule has 0 radical (unpaired) electrons. The number of carbonyl (C=O) groups excluding carboxylic acids is 3. The summed E-state index contributed by atoms with van der Waals surface area (Å²) in [6, 6.07) is 8.83. The minimum Gasteiger partial charge on any atom is -0.454 e. The minimum atomic E-state index is -0.712. The molecule has 3 amide bonds. The Morgan fingerprint density at radius 2 is 2.00 bits per heavy atom. The number of benzene rings is 2. The van der Waals surface area contributed by atoms with Gasteiger partial charge in [0.15, 0.2) is 11.5 Å². The van der Waals surface area contributed by atoms with E-state index >= 15 is 0 Å². The van der Waals surface area contributed by atoms with Gasteiger partial charge >= 0.3 is 0 Å². The predicted octanol–water partition coefficient (Wildman–Crippen LogP) is 3.44. The molecule has 1 N–H and O–H groups in total. The van der Waals surface area contributed by atoms with E-state index in [1.165, 1.54) is 12.1 Å². The van der Waals surface area contributed by atoms with Gasteiger partial charge in [0.2, 0.25) is 6.79 Å². The average Bonchev–Trinajstić information content (AvgIpc) is 3.32. The van der Waals surface area contributed by atoms with Gasteiger partial charge in [-0.25, -0.2) is 0 Å². The third-order valence-electron chi connectivity index (χ3n) is 4.59. The van der Waals surface area contributed by atoms with Crippen molar-refractivity contribution in [3.63, 3.8) is 0 Å². The zero-order chi connectivity index (χ0) is 22.8. The number of halogens is 1. The number of imide groups is 1. The molecule has 2 aliphatic heterocycles. The molecule has 2 aromatic rings. The zero-order valence-electron chi connectivity index (χ0n) is 16.2. The number of ether oxygens (including phenoxy) is 2. The highest BCUT2D eigenvalue weighted by Gasteiger charge is 2.35. The van der Waals surface area contributed by atoms with Crippen molar-refractivity contribution in [1.29, 1.82) is 0 Å². The van der Waals surface area contributed by atoms with Gasteiger partial charge in [0.25, 0.3) is 22.7 Å². The lowest BCUT2D eigenvalue weighted by molar-refractivity contribution is -0.385. The van der Waals surface area contributed by atoms with Gasteiger partial charge in [0, 0.05) is 24.2 Å². The number of fused-ring (bicyclic) bond motifs is 1. The van der Waals surface area contributed by atoms with E-state index in [4.69, 9.17) is 21.1 Å². The van der Waals surface area contributed by atoms with Gasteiger partial charge in [-0.15, -0.1) is 0 Å². The lowest BCUT2D eigenvalue weighted by Crippen LogP contribution is -2.37. The fraction of sp³-hybridized carbons (Fsp3) is 0.150. The van der Waals surface area contributed by atoms with Crippen LogP contribution in [0.3, 0.4) is 0 Å². The molecule has 0 aliphatic carbocycles. The lowest BCUT2D eigenvalue weighted by atomic mass is 10.1. The van der Waals surface area contributed by atoms with E-state index in [2.05, 4.69) is 5.32 Å². The number of hydrogen-bond acceptors (Lipinski definition) is 8. The Kier molecular flexibility index (Phi) is 6.01. The van der Waals surface area contributed by atoms with Crippen molar-refractivity contribution >= 4 is 52.2 Å². The number of nitrogens with one attached hydrogen (secondary N) is 1. The molecule has 2 aliphatic rings. The molecule has 2 aromatic carbocycles. The van der Waals surface area contributed by atoms with Crippen LogP contribution in [0.5, 0.6) is 11.5 Å². The first-order valence-electron chi connectivity index (χ1n) is 9.20. The Labute approximate surface area is 190 Å². The third kappa shape index (κ3) is 4.39. The fourth-order valence-electron chi connectivity index (χ4n) is 3.07. The summed E-state index contributed by atoms with van der Waals surface area (Å²) in [5.41, 5.74) is 0.0622. The maximum atomic E-state index is 12.6. The van der Waals surface area contributed by atoms with Crippen molar-refractivity contribution in [3.05, 3.63) is 67.6 Å². The second-order valence-corrected chi connectivity index (χ2v) is 8.05. The number of rotatable bonds is 6. The summed E-state index contributed by atoms with van der Waals surface area (Å²) in [7, 11) is 0. The van der Waals surface area contributed by atoms with Crippen LogP contribution in [0.4, 0.5) is 10.5 Å². The first kappa shape index (κ1) is 21.7. The van der Waals surface area contributed by atoms with E-state index in [0.717, 1.165) is 22.7 Å². The first-order valence-corrected chi connectivity index (χ1v) is 10.4. The van der Waals surface area contributed by atoms with E-state index in [9.17, 15) is 24.5 Å². The molecular formula is C20H14ClN3O7S. The van der Waals surface area contributed by atoms with Gasteiger partial charge in [0.05, 0.1) is 9.83 Å². The number of nitro benzene ring substituents is 1. The molecule has 0 atom stereocenters. The molecule has 32 heavy (non-hydrogen) atoms. The van der Waals surface area contributed by atoms with Crippen LogP contribution < -0.4 is 14.8 Å². The Morgan fingerprint density at radius 1 is 1.22 bits per heavy atom. The number of thioether (sulfide) groups is 1. The lowest BCUT2D eigenvalue weighted by Gasteiger charge is -2.13. The zero-order valence-corrected chi connectivity index (χ0v) is 17.8. The molecule has 10 nitrogen and oxygen atoms in total. The van der Waals surface area contributed by atoms with Crippen LogP contribution in [-0.4, -0.2) is 46.8 Å². The summed E-state index contributed by atoms with van der Waals surface area (Å²) in [4.78, 5) is 48.9. The number of carbonyl (C=O) groups is 3. The predicted molar refractivity (Wildman–Crippen MR) is 116 cm³/mol. The van der Waals surface area contributed by atoms with Gasteiger partial charge in [-0.05, 0) is 47.7 Å². The molecule has 164 valence electrons. The van der Waals surface area contributed by atoms with Crippen molar-refractivity contribution < 1.29 is 28.8 Å². The molecule has 0 unspecified atom stereocenters. The van der Waals surface area contributed by atoms with Crippen LogP contribution in [0, 0.1) is 10.1 Å². The Hall–Kier alpha value is -3.57. The molecule has 0 bridgehead atoms. The van der Waals surface area contributed by atoms with Crippen LogP contribution in [-0.2, 0) is 4.79 Å². The van der Waals surface area contributed by atoms with Crippen molar-refractivity contribution in [1.82, 2.24) is 10.2 Å². The normalized spacial score (nSPS) is 16.0. The second kappa shape index (κ2) is 8.89. The maximum Gasteiger partial charge on any atom is 0.293 e. The quantitative estimate of drug-likeness (QED) is 0.382. The van der Waals surface area contributed by atoms with Crippen LogP contribution >= 0.6 is 23.4 Å². The molecule has 2 heterocycles. The standard InChI is InChI=1S/C20H14ClN3O7S/c21-12-2-3-13(14(9-12)24(28)29)18(25)22-5-6-23-19(26)17(32-20(23)27)8-11-1-4-15-16(7-11)31-10-30-15/h1-4,7-9H,5-6,10H2,(H,22,25)/b17-8-. The summed E-state index contributed by atoms with van der Waals surface area (Å²) in [5, 5.41) is 13.3. The summed E-state index contributed by atoms with van der Waals surface area (Å²) in [6.07, 6.45) is 1.57. The molecule has 12 heteroatoms. The van der Waals surface area contributed by atoms with Gasteiger partial charge < -0.3 is 14.8 Å². The Morgan fingerprint density at radius 3 is 2.78 bits per heavy atom. The van der Waals surface area contributed by atoms with Crippen LogP contribution in [0.1, 0.15) is 15.9 Å². The van der Waals surface area contributed by atoms with E-state index in [0.29, 0.717) is 17.1 Å². The number of hydrogen-bond donors (Lipinski definition) is 1. The van der Waals surface area contributed by atoms with Gasteiger partial charge in [-0.1, -0.05) is 17.7 Å². The molecule has 0 spiro atoms. The maximum absolute atomic E-state index is 12.6. The molecular weight excluding hydrogens is 462 g/mol. The first-order chi connectivity index (χ1) is 15.3. The topological polar surface area (TPSA) is 128 Å². The summed E-state index contributed by atoms with van der Waals surface area (Å²) in [6.45, 7) is -0.0373. The number of nitro groups is 1. The van der Waals surface area contributed by atoms with Crippen LogP contribution in [0.15, 0.2) is 41.3 Å². The molecule has 1 saturated heterocycles. The summed E-state index contributed by atoms with van der Waals surface area (Å²) in [5.74, 6) is -0.0514. The van der Waals surface area contributed by atoms with E-state index < -0.39 is 27.7 Å². The van der Waals surface area contributed by atoms with Crippen molar-refractivity contribution in [2.45, 2.75) is 0 Å². The monoisotopic (exact) mass is 475 g/mol. The van der Waals surface area contributed by atoms with Gasteiger partial charge in [0.1, 0.15) is 5.56 Å². The van der Waals surface area contributed by atoms with Crippen molar-refractivity contribution in [3.8, 4) is 11.5 Å². The largest absolute Gasteiger partial charge is 0.454 e. The highest BCUT2D eigenvalue weighted by Crippen LogP contribution is 2.36. The van der Waals surface area contributed by atoms with Crippen LogP contribution in [0.25, 0.3) is 6.08 Å². The van der Waals surface area contributed by atoms with Crippen molar-refractivity contribution in [2.75, 3.05) is 19.9 Å². The Bertz CT molecular complexity index is 1180. The molecule has 0 aromatic heterocycles. The highest BCUT2D eigenvalue weighted by atomic mass is 35.5. The number of amides is 3. The molecule has 4 rings (SSSR count). The molecule has 1 fully saturated rings. The summed E-state index contributed by atoms with van der Waals surface area (Å²) >= 11 is 6.53. The van der Waals surface area contributed by atoms with E-state index in [1.54, 1.807) is 24.3 Å². The van der Waals surface area contributed by atoms with E-state index in [1.807, 2.05) is 0 Å². The van der Waals surface area contributed by atoms with E-state index in [-0.39, 0.29) is 35.4 Å². The average molecular weight is 476 g/mol. The Balaban J connectivity index is 1.39. The third-order valence-corrected chi connectivity index (χ3v) is 5.73. The second-order valence-electron chi connectivity index (χ2n) is 6.62. The van der Waals surface area contributed by atoms with Gasteiger partial charge in [-0.3, -0.25) is 29.4 Å². The van der Waals surface area contributed by atoms with Crippen LogP contribution in [0.2, 0.25) is 5.02 Å². The summed E-state index contributed by atoms with van der Waals surface area (Å²) < 4.78 is 10.5. The smallest absolute Gasteiger partial charge is 0.293 e. The number of nitrogens with zero attached hydrogens (tertiary/aromatic N) is 2. The highest BCUT2D eigenvalue weighted by molar-refractivity contribution is 8.18. The molecule has 0 saturated carbocycles. The van der Waals surface area contributed by atoms with Gasteiger partial charge in [-0.2, -0.15) is 0 Å². The SMILES string of the molecule is O=C(NCCN1C(=O)S/C(=C\c2ccc3c(c2)OCO3)C1=O)c1ccc(Cl)cc1[N+](=O)[O-].